The maximum absolute atomic E-state index is 6.66. The van der Waals surface area contributed by atoms with Crippen molar-refractivity contribution in [3.8, 4) is 33.4 Å². The number of aryl methyl sites for hydroxylation is 2. The van der Waals surface area contributed by atoms with Crippen molar-refractivity contribution in [1.29, 1.82) is 0 Å². The summed E-state index contributed by atoms with van der Waals surface area (Å²) in [6.07, 6.45) is 0. The first-order valence-corrected chi connectivity index (χ1v) is 10.9. The van der Waals surface area contributed by atoms with Crippen LogP contribution in [0.25, 0.3) is 33.4 Å². The van der Waals surface area contributed by atoms with Gasteiger partial charge in [-0.25, -0.2) is 0 Å². The van der Waals surface area contributed by atoms with E-state index in [1.807, 2.05) is 0 Å². The molecule has 2 aliphatic carbocycles. The zero-order valence-electron chi connectivity index (χ0n) is 18.2. The molecule has 0 aromatic heterocycles. The number of hydrogen-bond acceptors (Lipinski definition) is 4. The van der Waals surface area contributed by atoms with Gasteiger partial charge in [0.05, 0.1) is 0 Å². The molecule has 0 aliphatic heterocycles. The maximum Gasteiger partial charge on any atom is 0.118 e. The van der Waals surface area contributed by atoms with Crippen LogP contribution < -0.4 is 22.9 Å². The highest BCUT2D eigenvalue weighted by Gasteiger charge is 2.38. The van der Waals surface area contributed by atoms with E-state index in [0.29, 0.717) is 0 Å². The second-order valence-corrected chi connectivity index (χ2v) is 9.36. The number of rotatable bonds is 1. The van der Waals surface area contributed by atoms with Gasteiger partial charge in [-0.2, -0.15) is 0 Å². The predicted octanol–water partition coefficient (Wildman–Crippen LogP) is 4.17. The zero-order chi connectivity index (χ0) is 22.4. The Morgan fingerprint density at radius 3 is 1.12 bits per heavy atom. The van der Waals surface area contributed by atoms with Gasteiger partial charge in [-0.05, 0) is 81.6 Å². The van der Waals surface area contributed by atoms with Crippen molar-refractivity contribution in [2.75, 3.05) is 0 Å². The van der Waals surface area contributed by atoms with E-state index >= 15 is 0 Å². The Labute approximate surface area is 187 Å². The number of hydrogen-bond donors (Lipinski definition) is 4. The minimum absolute atomic E-state index is 0.932. The van der Waals surface area contributed by atoms with Crippen molar-refractivity contribution in [3.05, 3.63) is 106 Å². The van der Waals surface area contributed by atoms with Crippen LogP contribution in [0.4, 0.5) is 0 Å². The van der Waals surface area contributed by atoms with Crippen molar-refractivity contribution in [2.45, 2.75) is 25.2 Å². The highest BCUT2D eigenvalue weighted by molar-refractivity contribution is 5.86. The van der Waals surface area contributed by atoms with Crippen molar-refractivity contribution in [3.63, 3.8) is 0 Å². The lowest BCUT2D eigenvalue weighted by Gasteiger charge is -2.23. The third-order valence-electron chi connectivity index (χ3n) is 7.09. The van der Waals surface area contributed by atoms with Crippen molar-refractivity contribution < 1.29 is 0 Å². The Kier molecular flexibility index (Phi) is 3.73. The van der Waals surface area contributed by atoms with E-state index in [1.54, 1.807) is 0 Å². The molecule has 8 N–H and O–H groups in total. The Balaban J connectivity index is 1.49. The van der Waals surface area contributed by atoms with Crippen LogP contribution in [0, 0.1) is 13.8 Å². The lowest BCUT2D eigenvalue weighted by atomic mass is 9.92. The van der Waals surface area contributed by atoms with E-state index in [2.05, 4.69) is 86.6 Å². The number of nitrogens with two attached hydrogens (primary N) is 4. The van der Waals surface area contributed by atoms with Gasteiger partial charge in [-0.15, -0.1) is 0 Å². The maximum atomic E-state index is 6.66. The average Bonchev–Trinajstić information content (AvgIpc) is 3.12. The van der Waals surface area contributed by atoms with E-state index in [9.17, 15) is 0 Å². The fraction of sp³-hybridized carbons (Fsp3) is 0.143. The van der Waals surface area contributed by atoms with Gasteiger partial charge in [0.15, 0.2) is 0 Å². The third-order valence-corrected chi connectivity index (χ3v) is 7.09. The molecule has 0 saturated heterocycles. The molecular formula is C28H26N4. The first-order chi connectivity index (χ1) is 15.2. The monoisotopic (exact) mass is 418 g/mol. The molecule has 4 nitrogen and oxygen atoms in total. The second-order valence-electron chi connectivity index (χ2n) is 9.36. The smallest absolute Gasteiger partial charge is 0.118 e. The number of benzene rings is 4. The summed E-state index contributed by atoms with van der Waals surface area (Å²) in [7, 11) is 0. The molecule has 6 rings (SSSR count). The van der Waals surface area contributed by atoms with Crippen LogP contribution in [-0.2, 0) is 11.3 Å². The lowest BCUT2D eigenvalue weighted by Crippen LogP contribution is -2.45. The summed E-state index contributed by atoms with van der Waals surface area (Å²) in [4.78, 5) is 0. The van der Waals surface area contributed by atoms with Gasteiger partial charge in [0, 0.05) is 0 Å². The molecule has 0 bridgehead atoms. The molecule has 0 saturated carbocycles. The van der Waals surface area contributed by atoms with Crippen LogP contribution in [-0.4, -0.2) is 0 Å². The molecular weight excluding hydrogens is 392 g/mol. The van der Waals surface area contributed by atoms with Gasteiger partial charge in [0.2, 0.25) is 0 Å². The normalized spacial score (nSPS) is 16.3. The summed E-state index contributed by atoms with van der Waals surface area (Å²) in [5, 5.41) is 0. The van der Waals surface area contributed by atoms with Gasteiger partial charge in [-0.3, -0.25) is 0 Å². The van der Waals surface area contributed by atoms with E-state index in [4.69, 9.17) is 22.9 Å². The quantitative estimate of drug-likeness (QED) is 0.348. The Bertz CT molecular complexity index is 1340. The third kappa shape index (κ3) is 2.46. The molecule has 4 aromatic rings. The van der Waals surface area contributed by atoms with Crippen molar-refractivity contribution in [1.82, 2.24) is 0 Å². The Morgan fingerprint density at radius 2 is 0.750 bits per heavy atom. The van der Waals surface area contributed by atoms with Crippen LogP contribution in [0.3, 0.4) is 0 Å². The first-order valence-electron chi connectivity index (χ1n) is 10.9. The number of fused-ring (bicyclic) bond motifs is 6. The van der Waals surface area contributed by atoms with E-state index in [0.717, 1.165) is 66.8 Å². The van der Waals surface area contributed by atoms with Gasteiger partial charge < -0.3 is 22.9 Å². The SMILES string of the molecule is Cc1ccc2c(c1)C(N)(N)c1cc(-c3ccc4c(c3)C(N)(N)c3cc(C)ccc3-4)ccc1-2. The summed E-state index contributed by atoms with van der Waals surface area (Å²) < 4.78 is 0. The lowest BCUT2D eigenvalue weighted by molar-refractivity contribution is 0.583. The largest absolute Gasteiger partial charge is 0.306 e. The fourth-order valence-corrected chi connectivity index (χ4v) is 5.36. The van der Waals surface area contributed by atoms with Crippen molar-refractivity contribution >= 4 is 0 Å². The zero-order valence-corrected chi connectivity index (χ0v) is 18.2. The second kappa shape index (κ2) is 6.15. The van der Waals surface area contributed by atoms with Gasteiger partial charge in [0.25, 0.3) is 0 Å². The fourth-order valence-electron chi connectivity index (χ4n) is 5.36. The predicted molar refractivity (Wildman–Crippen MR) is 131 cm³/mol. The molecule has 0 heterocycles. The van der Waals surface area contributed by atoms with E-state index < -0.39 is 11.3 Å². The van der Waals surface area contributed by atoms with Gasteiger partial charge in [-0.1, -0.05) is 71.8 Å². The molecule has 4 heteroatoms. The molecule has 2 aliphatic rings. The van der Waals surface area contributed by atoms with Gasteiger partial charge in [0.1, 0.15) is 11.3 Å². The topological polar surface area (TPSA) is 104 Å². The molecule has 0 amide bonds. The molecule has 4 aromatic carbocycles. The molecule has 0 atom stereocenters. The van der Waals surface area contributed by atoms with Crippen LogP contribution in [0.1, 0.15) is 33.4 Å². The van der Waals surface area contributed by atoms with E-state index in [-0.39, 0.29) is 0 Å². The highest BCUT2D eigenvalue weighted by atomic mass is 15.0. The summed E-state index contributed by atoms with van der Waals surface area (Å²) >= 11 is 0. The van der Waals surface area contributed by atoms with Gasteiger partial charge >= 0.3 is 0 Å². The molecule has 0 fully saturated rings. The van der Waals surface area contributed by atoms with Crippen LogP contribution >= 0.6 is 0 Å². The molecule has 0 unspecified atom stereocenters. The molecule has 32 heavy (non-hydrogen) atoms. The van der Waals surface area contributed by atoms with Crippen LogP contribution in [0.15, 0.2) is 72.8 Å². The molecule has 0 radical (unpaired) electrons. The average molecular weight is 419 g/mol. The summed E-state index contributed by atoms with van der Waals surface area (Å²) in [6, 6.07) is 25.3. The van der Waals surface area contributed by atoms with Crippen LogP contribution in [0.5, 0.6) is 0 Å². The molecule has 0 spiro atoms. The first kappa shape index (κ1) is 19.4. The van der Waals surface area contributed by atoms with E-state index in [1.165, 1.54) is 0 Å². The Morgan fingerprint density at radius 1 is 0.438 bits per heavy atom. The highest BCUT2D eigenvalue weighted by Crippen LogP contribution is 2.47. The Hall–Kier alpha value is -3.28. The summed E-state index contributed by atoms with van der Waals surface area (Å²) in [5.74, 6) is 0. The van der Waals surface area contributed by atoms with Crippen molar-refractivity contribution in [2.24, 2.45) is 22.9 Å². The minimum atomic E-state index is -1.03. The standard InChI is InChI=1S/C28H26N4/c1-15-3-7-19-21-9-5-17(13-25(21)27(29,30)23(19)11-15)18-6-10-22-20-8-4-16(2)12-24(20)28(31,32)26(22)14-18/h3-14H,29-32H2,1-2H3. The minimum Gasteiger partial charge on any atom is -0.306 e. The molecule has 158 valence electrons. The summed E-state index contributed by atoms with van der Waals surface area (Å²) in [6.45, 7) is 4.11. The van der Waals surface area contributed by atoms with Crippen LogP contribution in [0.2, 0.25) is 0 Å². The summed E-state index contributed by atoms with van der Waals surface area (Å²) in [5.41, 5.74) is 37.1.